The summed E-state index contributed by atoms with van der Waals surface area (Å²) < 4.78 is 19.9. The lowest BCUT2D eigenvalue weighted by molar-refractivity contribution is 0.306. The molecule has 3 aromatic rings. The Labute approximate surface area is 130 Å². The Kier molecular flexibility index (Phi) is 3.80. The molecule has 3 aromatic carbocycles. The van der Waals surface area contributed by atoms with Crippen LogP contribution in [0, 0.1) is 5.82 Å². The first-order chi connectivity index (χ1) is 10.1. The smallest absolute Gasteiger partial charge is 0.123 e. The third-order valence-corrected chi connectivity index (χ3v) is 3.77. The van der Waals surface area contributed by atoms with E-state index in [0.717, 1.165) is 21.0 Å². The quantitative estimate of drug-likeness (QED) is 0.685. The fourth-order valence-corrected chi connectivity index (χ4v) is 2.52. The molecule has 0 aliphatic carbocycles. The Balaban J connectivity index is 1.82. The van der Waals surface area contributed by atoms with Gasteiger partial charge in [-0.05, 0) is 53.2 Å². The summed E-state index contributed by atoms with van der Waals surface area (Å²) in [6.07, 6.45) is 0. The summed E-state index contributed by atoms with van der Waals surface area (Å²) in [6, 6.07) is 16.2. The number of rotatable bonds is 3. The van der Waals surface area contributed by atoms with Crippen LogP contribution in [0.25, 0.3) is 10.8 Å². The van der Waals surface area contributed by atoms with Crippen molar-refractivity contribution in [2.24, 2.45) is 0 Å². The van der Waals surface area contributed by atoms with Crippen LogP contribution in [0.15, 0.2) is 59.1 Å². The maximum Gasteiger partial charge on any atom is 0.123 e. The normalized spacial score (nSPS) is 10.8. The van der Waals surface area contributed by atoms with Crippen LogP contribution in [0.5, 0.6) is 5.75 Å². The van der Waals surface area contributed by atoms with Crippen molar-refractivity contribution < 1.29 is 9.13 Å². The van der Waals surface area contributed by atoms with Gasteiger partial charge in [0.05, 0.1) is 0 Å². The van der Waals surface area contributed by atoms with Crippen molar-refractivity contribution in [3.05, 3.63) is 70.5 Å². The Morgan fingerprint density at radius 3 is 2.57 bits per heavy atom. The predicted molar refractivity (Wildman–Crippen MR) is 86.8 cm³/mol. The molecule has 0 saturated carbocycles. The molecule has 4 heteroatoms. The van der Waals surface area contributed by atoms with E-state index in [1.165, 1.54) is 12.1 Å². The number of halogens is 2. The summed E-state index contributed by atoms with van der Waals surface area (Å²) in [6.45, 7) is 0.242. The number of hydrogen-bond acceptors (Lipinski definition) is 2. The van der Waals surface area contributed by atoms with Crippen molar-refractivity contribution in [2.45, 2.75) is 6.61 Å². The topological polar surface area (TPSA) is 35.2 Å². The van der Waals surface area contributed by atoms with Gasteiger partial charge in [0.25, 0.3) is 0 Å². The van der Waals surface area contributed by atoms with Gasteiger partial charge in [-0.2, -0.15) is 0 Å². The predicted octanol–water partition coefficient (Wildman–Crippen LogP) is 4.90. The zero-order valence-corrected chi connectivity index (χ0v) is 12.7. The third kappa shape index (κ3) is 3.16. The van der Waals surface area contributed by atoms with Crippen LogP contribution in [0.4, 0.5) is 10.1 Å². The van der Waals surface area contributed by atoms with E-state index in [0.29, 0.717) is 11.3 Å². The van der Waals surface area contributed by atoms with E-state index < -0.39 is 0 Å². The van der Waals surface area contributed by atoms with E-state index in [4.69, 9.17) is 10.5 Å². The second-order valence-electron chi connectivity index (χ2n) is 4.79. The molecule has 0 amide bonds. The Morgan fingerprint density at radius 2 is 1.71 bits per heavy atom. The molecule has 21 heavy (non-hydrogen) atoms. The lowest BCUT2D eigenvalue weighted by atomic mass is 10.1. The molecule has 106 valence electrons. The van der Waals surface area contributed by atoms with Gasteiger partial charge >= 0.3 is 0 Å². The van der Waals surface area contributed by atoms with Crippen LogP contribution in [-0.4, -0.2) is 0 Å². The largest absolute Gasteiger partial charge is 0.489 e. The molecule has 2 nitrogen and oxygen atoms in total. The van der Waals surface area contributed by atoms with Gasteiger partial charge in [-0.3, -0.25) is 0 Å². The zero-order chi connectivity index (χ0) is 14.8. The first-order valence-corrected chi connectivity index (χ1v) is 7.27. The van der Waals surface area contributed by atoms with E-state index in [9.17, 15) is 4.39 Å². The summed E-state index contributed by atoms with van der Waals surface area (Å²) in [5.41, 5.74) is 6.98. The second kappa shape index (κ2) is 5.74. The lowest BCUT2D eigenvalue weighted by Crippen LogP contribution is -2.00. The van der Waals surface area contributed by atoms with Crippen molar-refractivity contribution >= 4 is 32.4 Å². The van der Waals surface area contributed by atoms with E-state index in [-0.39, 0.29) is 12.4 Å². The van der Waals surface area contributed by atoms with E-state index in [1.54, 1.807) is 6.07 Å². The summed E-state index contributed by atoms with van der Waals surface area (Å²) >= 11 is 3.45. The number of nitrogens with two attached hydrogens (primary N) is 1. The molecule has 0 fully saturated rings. The first kappa shape index (κ1) is 13.9. The summed E-state index contributed by atoms with van der Waals surface area (Å²) in [5.74, 6) is 0.416. The Hall–Kier alpha value is -2.07. The van der Waals surface area contributed by atoms with E-state index in [2.05, 4.69) is 15.9 Å². The molecule has 3 rings (SSSR count). The standard InChI is InChI=1S/C17H13BrFNO/c18-14-3-1-12-9-16(5-2-11(12)7-14)21-10-13-8-15(19)4-6-17(13)20/h1-9H,10,20H2. The Bertz CT molecular complexity index is 804. The first-order valence-electron chi connectivity index (χ1n) is 6.48. The molecule has 0 aliphatic heterocycles. The minimum atomic E-state index is -0.314. The van der Waals surface area contributed by atoms with Gasteiger partial charge in [0, 0.05) is 15.7 Å². The van der Waals surface area contributed by atoms with E-state index >= 15 is 0 Å². The molecule has 2 N–H and O–H groups in total. The number of nitrogen functional groups attached to an aromatic ring is 1. The summed E-state index contributed by atoms with van der Waals surface area (Å²) in [5, 5.41) is 2.21. The van der Waals surface area contributed by atoms with Crippen molar-refractivity contribution in [3.63, 3.8) is 0 Å². The summed E-state index contributed by atoms with van der Waals surface area (Å²) in [7, 11) is 0. The molecular formula is C17H13BrFNO. The van der Waals surface area contributed by atoms with Crippen LogP contribution >= 0.6 is 15.9 Å². The number of fused-ring (bicyclic) bond motifs is 1. The van der Waals surface area contributed by atoms with Crippen molar-refractivity contribution in [1.82, 2.24) is 0 Å². The zero-order valence-electron chi connectivity index (χ0n) is 11.1. The monoisotopic (exact) mass is 345 g/mol. The van der Waals surface area contributed by atoms with Gasteiger partial charge in [0.15, 0.2) is 0 Å². The van der Waals surface area contributed by atoms with Gasteiger partial charge in [0.2, 0.25) is 0 Å². The van der Waals surface area contributed by atoms with Gasteiger partial charge < -0.3 is 10.5 Å². The average Bonchev–Trinajstić information content (AvgIpc) is 2.48. The van der Waals surface area contributed by atoms with E-state index in [1.807, 2.05) is 36.4 Å². The summed E-state index contributed by atoms with van der Waals surface area (Å²) in [4.78, 5) is 0. The molecule has 0 aliphatic rings. The van der Waals surface area contributed by atoms with Crippen LogP contribution in [0.2, 0.25) is 0 Å². The highest BCUT2D eigenvalue weighted by atomic mass is 79.9. The van der Waals surface area contributed by atoms with Crippen LogP contribution in [0.1, 0.15) is 5.56 Å². The molecule has 0 atom stereocenters. The SMILES string of the molecule is Nc1ccc(F)cc1COc1ccc2cc(Br)ccc2c1. The fourth-order valence-electron chi connectivity index (χ4n) is 2.14. The molecular weight excluding hydrogens is 333 g/mol. The molecule has 0 aromatic heterocycles. The molecule has 0 spiro atoms. The highest BCUT2D eigenvalue weighted by Crippen LogP contribution is 2.25. The highest BCUT2D eigenvalue weighted by Gasteiger charge is 2.03. The van der Waals surface area contributed by atoms with Crippen LogP contribution in [0.3, 0.4) is 0 Å². The van der Waals surface area contributed by atoms with Crippen molar-refractivity contribution in [3.8, 4) is 5.75 Å². The molecule has 0 saturated heterocycles. The maximum absolute atomic E-state index is 13.2. The minimum Gasteiger partial charge on any atom is -0.489 e. The number of hydrogen-bond donors (Lipinski definition) is 1. The van der Waals surface area contributed by atoms with Gasteiger partial charge in [-0.1, -0.05) is 28.1 Å². The van der Waals surface area contributed by atoms with Crippen molar-refractivity contribution in [2.75, 3.05) is 5.73 Å². The van der Waals surface area contributed by atoms with Gasteiger partial charge in [-0.15, -0.1) is 0 Å². The minimum absolute atomic E-state index is 0.242. The average molecular weight is 346 g/mol. The highest BCUT2D eigenvalue weighted by molar-refractivity contribution is 9.10. The maximum atomic E-state index is 13.2. The number of benzene rings is 3. The number of ether oxygens (including phenoxy) is 1. The van der Waals surface area contributed by atoms with Gasteiger partial charge in [-0.25, -0.2) is 4.39 Å². The molecule has 0 radical (unpaired) electrons. The molecule has 0 bridgehead atoms. The Morgan fingerprint density at radius 1 is 0.952 bits per heavy atom. The van der Waals surface area contributed by atoms with Gasteiger partial charge in [0.1, 0.15) is 18.2 Å². The molecule has 0 heterocycles. The third-order valence-electron chi connectivity index (χ3n) is 3.27. The lowest BCUT2D eigenvalue weighted by Gasteiger charge is -2.09. The fraction of sp³-hybridized carbons (Fsp3) is 0.0588. The second-order valence-corrected chi connectivity index (χ2v) is 5.70. The number of anilines is 1. The van der Waals surface area contributed by atoms with Crippen LogP contribution < -0.4 is 10.5 Å². The molecule has 0 unspecified atom stereocenters. The van der Waals surface area contributed by atoms with Crippen LogP contribution in [-0.2, 0) is 6.61 Å². The van der Waals surface area contributed by atoms with Crippen molar-refractivity contribution in [1.29, 1.82) is 0 Å².